The molecule has 0 bridgehead atoms. The average molecular weight is 280 g/mol. The molecule has 0 aliphatic heterocycles. The summed E-state index contributed by atoms with van der Waals surface area (Å²) < 4.78 is 18.2. The van der Waals surface area contributed by atoms with Crippen LogP contribution in [-0.2, 0) is 0 Å². The van der Waals surface area contributed by atoms with Gasteiger partial charge in [0.2, 0.25) is 0 Å². The highest BCUT2D eigenvalue weighted by Crippen LogP contribution is 2.19. The molecule has 0 unspecified atom stereocenters. The third-order valence-corrected chi connectivity index (χ3v) is 2.77. The molecule has 0 atom stereocenters. The van der Waals surface area contributed by atoms with E-state index in [1.54, 1.807) is 12.1 Å². The summed E-state index contributed by atoms with van der Waals surface area (Å²) >= 11 is 0. The van der Waals surface area contributed by atoms with Gasteiger partial charge in [-0.2, -0.15) is 0 Å². The van der Waals surface area contributed by atoms with Gasteiger partial charge in [0.1, 0.15) is 18.2 Å². The van der Waals surface area contributed by atoms with Crippen LogP contribution in [0, 0.1) is 18.2 Å². The zero-order valence-electron chi connectivity index (χ0n) is 11.3. The van der Waals surface area contributed by atoms with Crippen LogP contribution in [0.1, 0.15) is 15.9 Å². The molecule has 0 aliphatic rings. The Morgan fingerprint density at radius 2 is 1.90 bits per heavy atom. The minimum Gasteiger partial charge on any atom is -0.480 e. The van der Waals surface area contributed by atoms with Crippen molar-refractivity contribution < 1.29 is 13.9 Å². The van der Waals surface area contributed by atoms with Crippen LogP contribution < -0.4 is 4.74 Å². The summed E-state index contributed by atoms with van der Waals surface area (Å²) in [5, 5.41) is 0. The number of rotatable bonds is 5. The lowest BCUT2D eigenvalue weighted by Gasteiger charge is -2.05. The van der Waals surface area contributed by atoms with Crippen molar-refractivity contribution in [3.8, 4) is 18.1 Å². The van der Waals surface area contributed by atoms with E-state index >= 15 is 0 Å². The summed E-state index contributed by atoms with van der Waals surface area (Å²) in [6.07, 6.45) is 8.23. The van der Waals surface area contributed by atoms with Crippen molar-refractivity contribution in [2.24, 2.45) is 0 Å². The molecule has 0 saturated heterocycles. The van der Waals surface area contributed by atoms with Crippen LogP contribution in [-0.4, -0.2) is 12.4 Å². The number of benzene rings is 2. The topological polar surface area (TPSA) is 26.3 Å². The molecule has 0 fully saturated rings. The van der Waals surface area contributed by atoms with E-state index in [0.717, 1.165) is 5.56 Å². The van der Waals surface area contributed by atoms with Crippen molar-refractivity contribution in [2.75, 3.05) is 6.61 Å². The summed E-state index contributed by atoms with van der Waals surface area (Å²) in [5.74, 6) is 2.42. The van der Waals surface area contributed by atoms with Crippen LogP contribution in [0.4, 0.5) is 4.39 Å². The lowest BCUT2D eigenvalue weighted by atomic mass is 10.1. The number of terminal acetylenes is 1. The van der Waals surface area contributed by atoms with Crippen LogP contribution in [0.2, 0.25) is 0 Å². The van der Waals surface area contributed by atoms with Gasteiger partial charge in [0.25, 0.3) is 0 Å². The molecule has 0 spiro atoms. The summed E-state index contributed by atoms with van der Waals surface area (Å²) in [7, 11) is 0. The SMILES string of the molecule is C#CCOc1ccccc1/C=C/C(=O)c1ccc(F)cc1. The molecule has 0 saturated carbocycles. The van der Waals surface area contributed by atoms with Crippen molar-refractivity contribution in [2.45, 2.75) is 0 Å². The Bertz CT molecular complexity index is 694. The summed E-state index contributed by atoms with van der Waals surface area (Å²) in [5.41, 5.74) is 1.18. The van der Waals surface area contributed by atoms with Crippen LogP contribution in [0.25, 0.3) is 6.08 Å². The van der Waals surface area contributed by atoms with Gasteiger partial charge in [0.05, 0.1) is 0 Å². The Hall–Kier alpha value is -2.86. The molecule has 0 amide bonds. The number of ether oxygens (including phenoxy) is 1. The van der Waals surface area contributed by atoms with E-state index in [1.165, 1.54) is 30.3 Å². The van der Waals surface area contributed by atoms with E-state index in [0.29, 0.717) is 11.3 Å². The minimum atomic E-state index is -0.372. The van der Waals surface area contributed by atoms with Crippen LogP contribution in [0.3, 0.4) is 0 Å². The Balaban J connectivity index is 2.15. The van der Waals surface area contributed by atoms with Gasteiger partial charge in [-0.15, -0.1) is 6.42 Å². The first kappa shape index (κ1) is 14.5. The number of ketones is 1. The van der Waals surface area contributed by atoms with E-state index in [4.69, 9.17) is 11.2 Å². The van der Waals surface area contributed by atoms with Crippen molar-refractivity contribution >= 4 is 11.9 Å². The van der Waals surface area contributed by atoms with E-state index in [2.05, 4.69) is 5.92 Å². The average Bonchev–Trinajstić information content (AvgIpc) is 2.52. The second kappa shape index (κ2) is 7.06. The minimum absolute atomic E-state index is 0.163. The van der Waals surface area contributed by atoms with Gasteiger partial charge in [-0.25, -0.2) is 4.39 Å². The Morgan fingerprint density at radius 3 is 2.62 bits per heavy atom. The Morgan fingerprint density at radius 1 is 1.19 bits per heavy atom. The van der Waals surface area contributed by atoms with Crippen LogP contribution >= 0.6 is 0 Å². The molecular formula is C18H13FO2. The van der Waals surface area contributed by atoms with Gasteiger partial charge in [-0.3, -0.25) is 4.79 Å². The smallest absolute Gasteiger partial charge is 0.185 e. The Kier molecular flexibility index (Phi) is 4.89. The van der Waals surface area contributed by atoms with Gasteiger partial charge < -0.3 is 4.74 Å². The third-order valence-electron chi connectivity index (χ3n) is 2.77. The van der Waals surface area contributed by atoms with Gasteiger partial charge >= 0.3 is 0 Å². The molecule has 2 aromatic carbocycles. The largest absolute Gasteiger partial charge is 0.480 e. The first-order valence-corrected chi connectivity index (χ1v) is 6.34. The predicted molar refractivity (Wildman–Crippen MR) is 80.5 cm³/mol. The van der Waals surface area contributed by atoms with Gasteiger partial charge in [-0.1, -0.05) is 24.1 Å². The van der Waals surface area contributed by atoms with Gasteiger partial charge in [0.15, 0.2) is 5.78 Å². The molecule has 0 aromatic heterocycles. The second-order valence-electron chi connectivity index (χ2n) is 4.24. The number of carbonyl (C=O) groups excluding carboxylic acids is 1. The summed E-state index contributed by atoms with van der Waals surface area (Å²) in [6, 6.07) is 12.7. The maximum atomic E-state index is 12.8. The number of hydrogen-bond donors (Lipinski definition) is 0. The van der Waals surface area contributed by atoms with Gasteiger partial charge in [0, 0.05) is 11.1 Å². The molecular weight excluding hydrogens is 267 g/mol. The van der Waals surface area contributed by atoms with Crippen molar-refractivity contribution in [3.63, 3.8) is 0 Å². The van der Waals surface area contributed by atoms with E-state index in [9.17, 15) is 9.18 Å². The molecule has 0 heterocycles. The van der Waals surface area contributed by atoms with E-state index < -0.39 is 0 Å². The van der Waals surface area contributed by atoms with E-state index in [-0.39, 0.29) is 18.2 Å². The predicted octanol–water partition coefficient (Wildman–Crippen LogP) is 3.73. The zero-order chi connectivity index (χ0) is 15.1. The maximum absolute atomic E-state index is 12.8. The van der Waals surface area contributed by atoms with Crippen molar-refractivity contribution in [1.82, 2.24) is 0 Å². The molecule has 3 heteroatoms. The number of carbonyl (C=O) groups is 1. The first-order chi connectivity index (χ1) is 10.2. The summed E-state index contributed by atoms with van der Waals surface area (Å²) in [6.45, 7) is 0.163. The highest BCUT2D eigenvalue weighted by molar-refractivity contribution is 6.06. The monoisotopic (exact) mass is 280 g/mol. The van der Waals surface area contributed by atoms with Gasteiger partial charge in [-0.05, 0) is 42.5 Å². The van der Waals surface area contributed by atoms with Crippen molar-refractivity contribution in [3.05, 3.63) is 71.6 Å². The highest BCUT2D eigenvalue weighted by Gasteiger charge is 2.03. The summed E-state index contributed by atoms with van der Waals surface area (Å²) in [4.78, 5) is 12.0. The lowest BCUT2D eigenvalue weighted by molar-refractivity contribution is 0.104. The zero-order valence-corrected chi connectivity index (χ0v) is 11.3. The highest BCUT2D eigenvalue weighted by atomic mass is 19.1. The van der Waals surface area contributed by atoms with Crippen LogP contribution in [0.15, 0.2) is 54.6 Å². The molecule has 2 rings (SSSR count). The molecule has 21 heavy (non-hydrogen) atoms. The lowest BCUT2D eigenvalue weighted by Crippen LogP contribution is -1.96. The number of para-hydroxylation sites is 1. The second-order valence-corrected chi connectivity index (χ2v) is 4.24. The molecule has 2 aromatic rings. The fourth-order valence-corrected chi connectivity index (χ4v) is 1.74. The first-order valence-electron chi connectivity index (χ1n) is 6.34. The third kappa shape index (κ3) is 4.05. The van der Waals surface area contributed by atoms with E-state index in [1.807, 2.05) is 18.2 Å². The standard InChI is InChI=1S/C18H13FO2/c1-2-13-21-18-6-4-3-5-15(18)9-12-17(20)14-7-10-16(19)11-8-14/h1,3-12H,13H2/b12-9+. The molecule has 2 nitrogen and oxygen atoms in total. The number of allylic oxidation sites excluding steroid dienone is 1. The fraction of sp³-hybridized carbons (Fsp3) is 0.0556. The molecule has 0 N–H and O–H groups in total. The van der Waals surface area contributed by atoms with Crippen LogP contribution in [0.5, 0.6) is 5.75 Å². The van der Waals surface area contributed by atoms with Crippen molar-refractivity contribution in [1.29, 1.82) is 0 Å². The maximum Gasteiger partial charge on any atom is 0.185 e. The Labute approximate surface area is 122 Å². The molecule has 0 radical (unpaired) electrons. The number of hydrogen-bond acceptors (Lipinski definition) is 2. The molecule has 104 valence electrons. The molecule has 0 aliphatic carbocycles. The quantitative estimate of drug-likeness (QED) is 0.474. The normalized spacial score (nSPS) is 10.3. The number of halogens is 1. The fourth-order valence-electron chi connectivity index (χ4n) is 1.74.